The first kappa shape index (κ1) is 22.3. The van der Waals surface area contributed by atoms with Crippen molar-refractivity contribution in [3.63, 3.8) is 0 Å². The van der Waals surface area contributed by atoms with E-state index in [0.29, 0.717) is 36.3 Å². The maximum absolute atomic E-state index is 12.3. The second-order valence-electron chi connectivity index (χ2n) is 4.89. The first-order valence-electron chi connectivity index (χ1n) is 7.68. The number of halogens is 3. The van der Waals surface area contributed by atoms with Crippen molar-refractivity contribution in [1.82, 2.24) is 0 Å². The molecule has 5 nitrogen and oxygen atoms in total. The van der Waals surface area contributed by atoms with Gasteiger partial charge in [-0.2, -0.15) is 0 Å². The number of carbonyl (C=O) groups is 1. The molecule has 2 rings (SSSR count). The van der Waals surface area contributed by atoms with E-state index in [1.807, 2.05) is 13.8 Å². The van der Waals surface area contributed by atoms with Crippen LogP contribution in [0.25, 0.3) is 0 Å². The topological polar surface area (TPSA) is 76.0 Å². The molecule has 26 heavy (non-hydrogen) atoms. The predicted molar refractivity (Wildman–Crippen MR) is 103 cm³/mol. The Kier molecular flexibility index (Phi) is 9.53. The van der Waals surface area contributed by atoms with Crippen LogP contribution in [0.4, 0.5) is 8.78 Å². The molecule has 0 aliphatic heterocycles. The van der Waals surface area contributed by atoms with E-state index in [0.717, 1.165) is 22.0 Å². The summed E-state index contributed by atoms with van der Waals surface area (Å²) in [6.07, 6.45) is 0.793. The van der Waals surface area contributed by atoms with Crippen molar-refractivity contribution < 1.29 is 33.1 Å². The molecule has 0 atom stereocenters. The normalized spacial score (nSPS) is 9.81. The van der Waals surface area contributed by atoms with E-state index in [2.05, 4.69) is 22.6 Å². The maximum atomic E-state index is 12.3. The van der Waals surface area contributed by atoms with E-state index in [1.54, 1.807) is 12.1 Å². The average molecular weight is 478 g/mol. The number of ether oxygens (including phenoxy) is 2. The van der Waals surface area contributed by atoms with E-state index in [4.69, 9.17) is 19.5 Å². The number of hydrogen-bond acceptors (Lipinski definition) is 5. The first-order chi connectivity index (χ1) is 12.3. The molecule has 0 unspecified atom stereocenters. The molecule has 0 aliphatic carbocycles. The van der Waals surface area contributed by atoms with Gasteiger partial charge in [0.2, 0.25) is 0 Å². The van der Waals surface area contributed by atoms with Gasteiger partial charge in [-0.3, -0.25) is 4.79 Å². The number of rotatable bonds is 6. The number of hydrogen-bond donors (Lipinski definition) is 2. The molecule has 0 fully saturated rings. The highest BCUT2D eigenvalue weighted by Crippen LogP contribution is 2.31. The summed E-state index contributed by atoms with van der Waals surface area (Å²) in [6.45, 7) is 4.96. The summed E-state index contributed by atoms with van der Waals surface area (Å²) in [5.74, 6) is -0.251. The van der Waals surface area contributed by atoms with Crippen LogP contribution in [0.5, 0.6) is 11.5 Å². The fourth-order valence-electron chi connectivity index (χ4n) is 1.91. The van der Waals surface area contributed by atoms with Crippen LogP contribution in [0, 0.1) is 15.2 Å². The summed E-state index contributed by atoms with van der Waals surface area (Å²) < 4.78 is 36.4. The van der Waals surface area contributed by atoms with Crippen molar-refractivity contribution >= 4 is 41.5 Å². The molecule has 0 aliphatic rings. The second kappa shape index (κ2) is 11.1. The zero-order valence-electron chi connectivity index (χ0n) is 14.2. The Balaban J connectivity index is 0.000000273. The Hall–Kier alpha value is -1.72. The lowest BCUT2D eigenvalue weighted by atomic mass is 9.80. The maximum Gasteiger partial charge on any atom is 0.488 e. The minimum Gasteiger partial charge on any atom is -0.493 e. The first-order valence-corrected chi connectivity index (χ1v) is 8.76. The summed E-state index contributed by atoms with van der Waals surface area (Å²) in [5.41, 5.74) is 0.379. The zero-order valence-corrected chi connectivity index (χ0v) is 16.4. The van der Waals surface area contributed by atoms with Gasteiger partial charge in [-0.1, -0.05) is 0 Å². The molecule has 0 aromatic heterocycles. The summed E-state index contributed by atoms with van der Waals surface area (Å²) >= 11 is 2.15. The van der Waals surface area contributed by atoms with Gasteiger partial charge >= 0.3 is 7.12 Å². The van der Waals surface area contributed by atoms with E-state index in [1.165, 1.54) is 0 Å². The van der Waals surface area contributed by atoms with Crippen LogP contribution in [0.2, 0.25) is 0 Å². The van der Waals surface area contributed by atoms with Crippen LogP contribution < -0.4 is 14.9 Å². The van der Waals surface area contributed by atoms with Crippen molar-refractivity contribution in [2.24, 2.45) is 0 Å². The molecule has 0 amide bonds. The fourth-order valence-corrected chi connectivity index (χ4v) is 2.53. The Morgan fingerprint density at radius 1 is 1.00 bits per heavy atom. The minimum atomic E-state index is -1.83. The van der Waals surface area contributed by atoms with Gasteiger partial charge in [0.1, 0.15) is 29.4 Å². The minimum absolute atomic E-state index is 0.192. The van der Waals surface area contributed by atoms with Crippen LogP contribution in [0.15, 0.2) is 30.3 Å². The lowest BCUT2D eigenvalue weighted by molar-refractivity contribution is 0.112. The van der Waals surface area contributed by atoms with E-state index >= 15 is 0 Å². The molecule has 140 valence electrons. The molecule has 2 aromatic rings. The third kappa shape index (κ3) is 6.89. The monoisotopic (exact) mass is 478 g/mol. The molecule has 0 bridgehead atoms. The van der Waals surface area contributed by atoms with Gasteiger partial charge in [0, 0.05) is 11.6 Å². The highest BCUT2D eigenvalue weighted by Gasteiger charge is 2.12. The van der Waals surface area contributed by atoms with Crippen LogP contribution in [0.1, 0.15) is 24.2 Å². The highest BCUT2D eigenvalue weighted by atomic mass is 127. The van der Waals surface area contributed by atoms with Crippen molar-refractivity contribution in [2.75, 3.05) is 13.2 Å². The summed E-state index contributed by atoms with van der Waals surface area (Å²) in [7, 11) is -1.83. The van der Waals surface area contributed by atoms with Gasteiger partial charge in [-0.05, 0) is 66.2 Å². The Bertz CT molecular complexity index is 696. The molecule has 0 spiro atoms. The van der Waals surface area contributed by atoms with Crippen molar-refractivity contribution in [1.29, 1.82) is 0 Å². The van der Waals surface area contributed by atoms with Crippen LogP contribution >= 0.6 is 22.6 Å². The third-order valence-corrected chi connectivity index (χ3v) is 4.01. The third-order valence-electron chi connectivity index (χ3n) is 2.95. The molecular weight excluding hydrogens is 460 g/mol. The summed E-state index contributed by atoms with van der Waals surface area (Å²) in [4.78, 5) is 10.7. The van der Waals surface area contributed by atoms with Crippen molar-refractivity contribution in [2.45, 2.75) is 13.8 Å². The predicted octanol–water partition coefficient (Wildman–Crippen LogP) is 2.55. The Morgan fingerprint density at radius 2 is 1.46 bits per heavy atom. The highest BCUT2D eigenvalue weighted by molar-refractivity contribution is 14.1. The molecule has 2 aromatic carbocycles. The van der Waals surface area contributed by atoms with E-state index in [-0.39, 0.29) is 5.46 Å². The van der Waals surface area contributed by atoms with Crippen molar-refractivity contribution in [3.05, 3.63) is 51.1 Å². The van der Waals surface area contributed by atoms with Gasteiger partial charge in [0.05, 0.1) is 16.8 Å². The average Bonchev–Trinajstić information content (AvgIpc) is 2.58. The smallest absolute Gasteiger partial charge is 0.488 e. The Morgan fingerprint density at radius 3 is 1.81 bits per heavy atom. The van der Waals surface area contributed by atoms with Crippen molar-refractivity contribution in [3.8, 4) is 11.5 Å². The van der Waals surface area contributed by atoms with Gasteiger partial charge in [0.25, 0.3) is 0 Å². The molecule has 9 heteroatoms. The zero-order chi connectivity index (χ0) is 19.7. The Labute approximate surface area is 164 Å². The largest absolute Gasteiger partial charge is 0.493 e. The number of carbonyl (C=O) groups excluding carboxylic acids is 1. The molecule has 0 heterocycles. The lowest BCUT2D eigenvalue weighted by Crippen LogP contribution is -2.30. The molecule has 0 radical (unpaired) electrons. The van der Waals surface area contributed by atoms with Gasteiger partial charge in [-0.15, -0.1) is 0 Å². The quantitative estimate of drug-likeness (QED) is 0.380. The number of benzene rings is 2. The molecule has 0 saturated heterocycles. The SMILES string of the molecule is CCOc1cc(C=O)cc(OCC)c1I.OB(O)c1cc(F)cc(F)c1. The van der Waals surface area contributed by atoms with Gasteiger partial charge in [0.15, 0.2) is 0 Å². The molecule has 2 N–H and O–H groups in total. The standard InChI is InChI=1S/C11H13IO3.C6H5BF2O2/c1-3-14-9-5-8(7-13)6-10(11(9)12)15-4-2;8-5-1-4(7(10)11)2-6(9)3-5/h5-7H,3-4H2,1-2H3;1-3,10-11H. The van der Waals surface area contributed by atoms with Crippen LogP contribution in [0.3, 0.4) is 0 Å². The summed E-state index contributed by atoms with van der Waals surface area (Å²) in [6, 6.07) is 5.81. The fraction of sp³-hybridized carbons (Fsp3) is 0.235. The van der Waals surface area contributed by atoms with Gasteiger partial charge in [-0.25, -0.2) is 8.78 Å². The van der Waals surface area contributed by atoms with E-state index in [9.17, 15) is 13.6 Å². The molecule has 0 saturated carbocycles. The summed E-state index contributed by atoms with van der Waals surface area (Å²) in [5, 5.41) is 17.0. The lowest BCUT2D eigenvalue weighted by Gasteiger charge is -2.11. The molecular formula is C17H18BF2IO5. The van der Waals surface area contributed by atoms with E-state index < -0.39 is 18.8 Å². The number of aldehydes is 1. The van der Waals surface area contributed by atoms with Gasteiger partial charge < -0.3 is 19.5 Å². The second-order valence-corrected chi connectivity index (χ2v) is 5.97. The van der Waals surface area contributed by atoms with Crippen LogP contribution in [-0.4, -0.2) is 36.7 Å². The van der Waals surface area contributed by atoms with Crippen LogP contribution in [-0.2, 0) is 0 Å².